The van der Waals surface area contributed by atoms with Crippen molar-refractivity contribution in [3.63, 3.8) is 0 Å². The summed E-state index contributed by atoms with van der Waals surface area (Å²) in [4.78, 5) is 9.19. The largest absolute Gasteiger partial charge is 0.393 e. The second-order valence-electron chi connectivity index (χ2n) is 14.9. The summed E-state index contributed by atoms with van der Waals surface area (Å²) in [7, 11) is 0. The summed E-state index contributed by atoms with van der Waals surface area (Å²) in [5.74, 6) is 1.31. The summed E-state index contributed by atoms with van der Waals surface area (Å²) < 4.78 is 0. The van der Waals surface area contributed by atoms with Crippen molar-refractivity contribution >= 4 is 0 Å². The van der Waals surface area contributed by atoms with E-state index in [2.05, 4.69) is 65.7 Å². The van der Waals surface area contributed by atoms with Crippen molar-refractivity contribution < 1.29 is 10.2 Å². The van der Waals surface area contributed by atoms with Crippen LogP contribution in [0.2, 0.25) is 0 Å². The predicted octanol–water partition coefficient (Wildman–Crippen LogP) is 6.64. The van der Waals surface area contributed by atoms with Gasteiger partial charge in [0.1, 0.15) is 6.33 Å². The van der Waals surface area contributed by atoms with Crippen LogP contribution in [0.25, 0.3) is 0 Å². The van der Waals surface area contributed by atoms with Crippen LogP contribution in [0.1, 0.15) is 112 Å². The maximum absolute atomic E-state index is 11.9. The van der Waals surface area contributed by atoms with Gasteiger partial charge in [0, 0.05) is 11.6 Å². The molecule has 4 aliphatic rings. The molecule has 0 aliphatic heterocycles. The first kappa shape index (κ1) is 26.4. The molecule has 0 aromatic carbocycles. The highest BCUT2D eigenvalue weighted by atomic mass is 16.3. The van der Waals surface area contributed by atoms with Crippen LogP contribution in [0.3, 0.4) is 0 Å². The molecule has 5 rings (SSSR count). The van der Waals surface area contributed by atoms with Crippen molar-refractivity contribution in [2.24, 2.45) is 39.9 Å². The van der Waals surface area contributed by atoms with Crippen molar-refractivity contribution in [2.75, 3.05) is 0 Å². The molecule has 36 heavy (non-hydrogen) atoms. The van der Waals surface area contributed by atoms with Crippen LogP contribution in [0.15, 0.2) is 24.2 Å². The molecule has 0 spiro atoms. The van der Waals surface area contributed by atoms with E-state index in [-0.39, 0.29) is 39.6 Å². The normalized spacial score (nSPS) is 44.4. The fourth-order valence-corrected chi connectivity index (χ4v) is 10.7. The third kappa shape index (κ3) is 3.52. The molecular weight excluding hydrogens is 444 g/mol. The number of rotatable bonds is 4. The lowest BCUT2D eigenvalue weighted by molar-refractivity contribution is -0.223. The van der Waals surface area contributed by atoms with Gasteiger partial charge in [0.05, 0.1) is 17.4 Å². The first-order valence-corrected chi connectivity index (χ1v) is 14.5. The van der Waals surface area contributed by atoms with Crippen molar-refractivity contribution in [3.05, 3.63) is 35.4 Å². The molecule has 1 aromatic heterocycles. The van der Waals surface area contributed by atoms with E-state index in [1.54, 1.807) is 6.33 Å². The standard InChI is InChI=1S/C32H50N2O2/c1-20(2)10-9-13-32(8,36)22-11-14-31(7)26(22)23(35)16-25-29(5)17-21-18-33-19-34-27(21)28(3,4)24(29)12-15-30(25,31)6/h10,18-19,22-26,35-36H,9,11-17H2,1-8H3/t22-,23+,24-,25+,26-,29-,30+,31+,32-/m0/s1. The Kier molecular flexibility index (Phi) is 6.13. The first-order chi connectivity index (χ1) is 16.7. The van der Waals surface area contributed by atoms with Gasteiger partial charge in [-0.3, -0.25) is 0 Å². The molecule has 0 saturated heterocycles. The van der Waals surface area contributed by atoms with Crippen molar-refractivity contribution in [2.45, 2.75) is 124 Å². The molecular formula is C32H50N2O2. The van der Waals surface area contributed by atoms with E-state index in [4.69, 9.17) is 4.98 Å². The van der Waals surface area contributed by atoms with E-state index in [1.807, 2.05) is 6.92 Å². The zero-order valence-corrected chi connectivity index (χ0v) is 24.1. The Balaban J connectivity index is 1.51. The number of aliphatic hydroxyl groups is 2. The molecule has 1 aromatic rings. The van der Waals surface area contributed by atoms with Crippen molar-refractivity contribution in [1.29, 1.82) is 0 Å². The summed E-state index contributed by atoms with van der Waals surface area (Å²) in [6.45, 7) is 18.6. The second-order valence-corrected chi connectivity index (χ2v) is 14.9. The Hall–Kier alpha value is -1.26. The van der Waals surface area contributed by atoms with Crippen LogP contribution in [-0.2, 0) is 11.8 Å². The Morgan fingerprint density at radius 2 is 1.78 bits per heavy atom. The minimum Gasteiger partial charge on any atom is -0.393 e. The van der Waals surface area contributed by atoms with Gasteiger partial charge in [-0.2, -0.15) is 0 Å². The average Bonchev–Trinajstić information content (AvgIpc) is 3.16. The van der Waals surface area contributed by atoms with Crippen molar-refractivity contribution in [1.82, 2.24) is 9.97 Å². The number of allylic oxidation sites excluding steroid dienone is 2. The van der Waals surface area contributed by atoms with Gasteiger partial charge in [0.25, 0.3) is 0 Å². The molecule has 0 radical (unpaired) electrons. The Labute approximate surface area is 219 Å². The molecule has 4 heteroatoms. The van der Waals surface area contributed by atoms with E-state index in [0.29, 0.717) is 11.8 Å². The van der Waals surface area contributed by atoms with E-state index >= 15 is 0 Å². The molecule has 1 heterocycles. The highest BCUT2D eigenvalue weighted by Gasteiger charge is 2.71. The lowest BCUT2D eigenvalue weighted by Gasteiger charge is -2.70. The van der Waals surface area contributed by atoms with Gasteiger partial charge in [-0.05, 0) is 118 Å². The number of aromatic nitrogens is 2. The number of nitrogens with zero attached hydrogens (tertiary/aromatic N) is 2. The van der Waals surface area contributed by atoms with Crippen LogP contribution < -0.4 is 0 Å². The van der Waals surface area contributed by atoms with E-state index in [1.165, 1.54) is 29.7 Å². The maximum Gasteiger partial charge on any atom is 0.115 e. The molecule has 200 valence electrons. The highest BCUT2D eigenvalue weighted by molar-refractivity contribution is 5.34. The average molecular weight is 495 g/mol. The van der Waals surface area contributed by atoms with Crippen molar-refractivity contribution in [3.8, 4) is 0 Å². The van der Waals surface area contributed by atoms with Crippen LogP contribution in [0.5, 0.6) is 0 Å². The van der Waals surface area contributed by atoms with Crippen LogP contribution in [-0.4, -0.2) is 31.9 Å². The quantitative estimate of drug-likeness (QED) is 0.460. The minimum atomic E-state index is -0.747. The highest BCUT2D eigenvalue weighted by Crippen LogP contribution is 2.75. The van der Waals surface area contributed by atoms with Gasteiger partial charge >= 0.3 is 0 Å². The monoisotopic (exact) mass is 494 g/mol. The van der Waals surface area contributed by atoms with E-state index < -0.39 is 5.60 Å². The van der Waals surface area contributed by atoms with Gasteiger partial charge in [-0.1, -0.05) is 46.3 Å². The molecule has 0 amide bonds. The third-order valence-electron chi connectivity index (χ3n) is 12.5. The number of fused-ring (bicyclic) bond motifs is 6. The van der Waals surface area contributed by atoms with Gasteiger partial charge in [0.15, 0.2) is 0 Å². The summed E-state index contributed by atoms with van der Waals surface area (Å²) in [5.41, 5.74) is 3.39. The molecule has 4 aliphatic carbocycles. The zero-order chi connectivity index (χ0) is 26.3. The van der Waals surface area contributed by atoms with Crippen LogP contribution >= 0.6 is 0 Å². The number of aliphatic hydroxyl groups excluding tert-OH is 1. The summed E-state index contributed by atoms with van der Waals surface area (Å²) in [5, 5.41) is 23.7. The fraction of sp³-hybridized carbons (Fsp3) is 0.812. The van der Waals surface area contributed by atoms with Gasteiger partial charge in [-0.15, -0.1) is 0 Å². The Morgan fingerprint density at radius 1 is 1.08 bits per heavy atom. The summed E-state index contributed by atoms with van der Waals surface area (Å²) in [6.07, 6.45) is 13.7. The zero-order valence-electron chi connectivity index (χ0n) is 24.1. The van der Waals surface area contributed by atoms with Gasteiger partial charge in [0.2, 0.25) is 0 Å². The number of hydrogen-bond donors (Lipinski definition) is 2. The summed E-state index contributed by atoms with van der Waals surface area (Å²) >= 11 is 0. The fourth-order valence-electron chi connectivity index (χ4n) is 10.7. The molecule has 2 N–H and O–H groups in total. The van der Waals surface area contributed by atoms with Gasteiger partial charge < -0.3 is 10.2 Å². The number of hydrogen-bond acceptors (Lipinski definition) is 4. The topological polar surface area (TPSA) is 66.2 Å². The molecule has 3 fully saturated rings. The molecule has 0 bridgehead atoms. The lowest BCUT2D eigenvalue weighted by atomic mass is 9.35. The summed E-state index contributed by atoms with van der Waals surface area (Å²) in [6, 6.07) is 0. The molecule has 3 saturated carbocycles. The molecule has 0 unspecified atom stereocenters. The molecule has 9 atom stereocenters. The van der Waals surface area contributed by atoms with Gasteiger partial charge in [-0.25, -0.2) is 9.97 Å². The minimum absolute atomic E-state index is 0.00210. The predicted molar refractivity (Wildman–Crippen MR) is 145 cm³/mol. The maximum atomic E-state index is 11.9. The lowest BCUT2D eigenvalue weighted by Crippen LogP contribution is -2.66. The smallest absolute Gasteiger partial charge is 0.115 e. The van der Waals surface area contributed by atoms with E-state index in [9.17, 15) is 10.2 Å². The van der Waals surface area contributed by atoms with E-state index in [0.717, 1.165) is 38.5 Å². The Bertz CT molecular complexity index is 1040. The van der Waals surface area contributed by atoms with Crippen LogP contribution in [0.4, 0.5) is 0 Å². The SMILES string of the molecule is CC(C)=CCC[C@](C)(O)[C@H]1CC[C@]2(C)[C@@H]1[C@H](O)C[C@@H]1[C@@]3(C)Cc4cncnc4C(C)(C)[C@@H]3CC[C@]12C. The molecule has 4 nitrogen and oxygen atoms in total. The second kappa shape index (κ2) is 8.37. The Morgan fingerprint density at radius 3 is 2.47 bits per heavy atom. The first-order valence-electron chi connectivity index (χ1n) is 14.5. The van der Waals surface area contributed by atoms with Crippen LogP contribution in [0, 0.1) is 39.9 Å². The third-order valence-corrected chi connectivity index (χ3v) is 12.5.